The molecule has 1 amide bonds. The number of carbonyl (C=O) groups is 1. The van der Waals surface area contributed by atoms with E-state index in [1.54, 1.807) is 16.7 Å². The predicted octanol–water partition coefficient (Wildman–Crippen LogP) is 3.38. The number of nitrogens with zero attached hydrogens (tertiary/aromatic N) is 1. The van der Waals surface area contributed by atoms with E-state index in [1.165, 1.54) is 4.90 Å². The lowest BCUT2D eigenvalue weighted by molar-refractivity contribution is -0.135. The molecule has 0 aliphatic heterocycles. The minimum Gasteiger partial charge on any atom is -0.341 e. The Morgan fingerprint density at radius 1 is 1.29 bits per heavy atom. The Morgan fingerprint density at radius 3 is 2.29 bits per heavy atom. The first kappa shape index (κ1) is 18.1. The monoisotopic (exact) mass is 308 g/mol. The second-order valence-corrected chi connectivity index (χ2v) is 7.62. The number of carbonyl (C=O) groups excluding carboxylic acids is 1. The van der Waals surface area contributed by atoms with E-state index in [1.807, 2.05) is 7.05 Å². The van der Waals surface area contributed by atoms with Crippen LogP contribution in [-0.2, 0) is 11.3 Å². The predicted molar refractivity (Wildman–Crippen MR) is 91.3 cm³/mol. The van der Waals surface area contributed by atoms with Crippen LogP contribution in [0.2, 0.25) is 0 Å². The van der Waals surface area contributed by atoms with Gasteiger partial charge in [-0.2, -0.15) is 0 Å². The Kier molecular flexibility index (Phi) is 6.75. The summed E-state index contributed by atoms with van der Waals surface area (Å²) in [7, 11) is 1.86. The highest BCUT2D eigenvalue weighted by atomic mass is 32.2. The zero-order valence-corrected chi connectivity index (χ0v) is 14.7. The van der Waals surface area contributed by atoms with Crippen molar-refractivity contribution in [2.24, 2.45) is 17.1 Å². The van der Waals surface area contributed by atoms with E-state index in [4.69, 9.17) is 5.73 Å². The highest BCUT2D eigenvalue weighted by Crippen LogP contribution is 2.25. The molecule has 4 heteroatoms. The van der Waals surface area contributed by atoms with Gasteiger partial charge < -0.3 is 10.6 Å². The minimum absolute atomic E-state index is 0.0968. The van der Waals surface area contributed by atoms with E-state index in [9.17, 15) is 4.79 Å². The van der Waals surface area contributed by atoms with Crippen molar-refractivity contribution in [2.75, 3.05) is 19.8 Å². The molecule has 0 bridgehead atoms. The maximum absolute atomic E-state index is 12.5. The Morgan fingerprint density at radius 2 is 1.86 bits per heavy atom. The van der Waals surface area contributed by atoms with Crippen molar-refractivity contribution >= 4 is 17.7 Å². The third-order valence-corrected chi connectivity index (χ3v) is 4.19. The highest BCUT2D eigenvalue weighted by molar-refractivity contribution is 7.98. The van der Waals surface area contributed by atoms with Crippen molar-refractivity contribution in [3.63, 3.8) is 0 Å². The summed E-state index contributed by atoms with van der Waals surface area (Å²) in [5.41, 5.74) is 7.06. The summed E-state index contributed by atoms with van der Waals surface area (Å²) in [4.78, 5) is 15.5. The standard InChI is InChI=1S/C17H28N2OS/c1-17(2,3)10-14(11-18)16(20)19(4)12-13-6-8-15(21-5)9-7-13/h6-9,14H,10-12,18H2,1-5H3. The van der Waals surface area contributed by atoms with E-state index in [-0.39, 0.29) is 17.2 Å². The molecule has 0 heterocycles. The fourth-order valence-corrected chi connectivity index (χ4v) is 2.81. The fraction of sp³-hybridized carbons (Fsp3) is 0.588. The van der Waals surface area contributed by atoms with E-state index in [2.05, 4.69) is 51.3 Å². The molecule has 2 N–H and O–H groups in total. The topological polar surface area (TPSA) is 46.3 Å². The largest absolute Gasteiger partial charge is 0.341 e. The van der Waals surface area contributed by atoms with Crippen molar-refractivity contribution in [2.45, 2.75) is 38.6 Å². The van der Waals surface area contributed by atoms with Crippen LogP contribution in [0.5, 0.6) is 0 Å². The van der Waals surface area contributed by atoms with Gasteiger partial charge in [0.1, 0.15) is 0 Å². The maximum atomic E-state index is 12.5. The van der Waals surface area contributed by atoms with Crippen molar-refractivity contribution in [1.29, 1.82) is 0 Å². The first-order valence-electron chi connectivity index (χ1n) is 7.35. The van der Waals surface area contributed by atoms with Crippen LogP contribution in [0.1, 0.15) is 32.8 Å². The molecule has 1 aromatic carbocycles. The quantitative estimate of drug-likeness (QED) is 0.820. The molecular formula is C17H28N2OS. The Hall–Kier alpha value is -1.00. The van der Waals surface area contributed by atoms with E-state index < -0.39 is 0 Å². The molecule has 0 aliphatic rings. The van der Waals surface area contributed by atoms with Crippen LogP contribution < -0.4 is 5.73 Å². The summed E-state index contributed by atoms with van der Waals surface area (Å²) in [5, 5.41) is 0. The summed E-state index contributed by atoms with van der Waals surface area (Å²) in [6.07, 6.45) is 2.88. The molecule has 1 aromatic rings. The number of hydrogen-bond donors (Lipinski definition) is 1. The third-order valence-electron chi connectivity index (χ3n) is 3.45. The minimum atomic E-state index is -0.0968. The van der Waals surface area contributed by atoms with Crippen LogP contribution in [0.3, 0.4) is 0 Å². The summed E-state index contributed by atoms with van der Waals surface area (Å²) in [5.74, 6) is 0.0434. The number of amides is 1. The summed E-state index contributed by atoms with van der Waals surface area (Å²) >= 11 is 1.72. The zero-order valence-electron chi connectivity index (χ0n) is 13.8. The van der Waals surface area contributed by atoms with Gasteiger partial charge in [0.2, 0.25) is 5.91 Å². The molecule has 1 atom stereocenters. The summed E-state index contributed by atoms with van der Waals surface area (Å²) in [6.45, 7) is 7.47. The fourth-order valence-electron chi connectivity index (χ4n) is 2.41. The van der Waals surface area contributed by atoms with Gasteiger partial charge in [0, 0.05) is 25.0 Å². The van der Waals surface area contributed by atoms with Crippen molar-refractivity contribution in [3.05, 3.63) is 29.8 Å². The van der Waals surface area contributed by atoms with E-state index >= 15 is 0 Å². The first-order valence-corrected chi connectivity index (χ1v) is 8.57. The number of hydrogen-bond acceptors (Lipinski definition) is 3. The molecule has 118 valence electrons. The van der Waals surface area contributed by atoms with Gasteiger partial charge in [-0.05, 0) is 35.8 Å². The smallest absolute Gasteiger partial charge is 0.227 e. The van der Waals surface area contributed by atoms with E-state index in [0.717, 1.165) is 12.0 Å². The molecule has 0 saturated carbocycles. The highest BCUT2D eigenvalue weighted by Gasteiger charge is 2.26. The summed E-state index contributed by atoms with van der Waals surface area (Å²) in [6, 6.07) is 8.34. The van der Waals surface area contributed by atoms with Crippen molar-refractivity contribution in [3.8, 4) is 0 Å². The maximum Gasteiger partial charge on any atom is 0.227 e. The molecule has 0 aromatic heterocycles. The molecule has 0 spiro atoms. The van der Waals surface area contributed by atoms with Gasteiger partial charge in [0.15, 0.2) is 0 Å². The van der Waals surface area contributed by atoms with Gasteiger partial charge in [0.25, 0.3) is 0 Å². The number of thioether (sulfide) groups is 1. The number of nitrogens with two attached hydrogens (primary N) is 1. The molecular weight excluding hydrogens is 280 g/mol. The lowest BCUT2D eigenvalue weighted by Crippen LogP contribution is -2.38. The Balaban J connectivity index is 2.67. The van der Waals surface area contributed by atoms with Crippen LogP contribution in [-0.4, -0.2) is 30.7 Å². The number of benzene rings is 1. The van der Waals surface area contributed by atoms with Gasteiger partial charge >= 0.3 is 0 Å². The molecule has 1 rings (SSSR count). The SMILES string of the molecule is CSc1ccc(CN(C)C(=O)C(CN)CC(C)(C)C)cc1. The molecule has 0 aliphatic carbocycles. The van der Waals surface area contributed by atoms with Gasteiger partial charge in [-0.1, -0.05) is 32.9 Å². The first-order chi connectivity index (χ1) is 9.76. The average molecular weight is 308 g/mol. The molecule has 3 nitrogen and oxygen atoms in total. The van der Waals surface area contributed by atoms with Crippen LogP contribution in [0, 0.1) is 11.3 Å². The number of rotatable bonds is 6. The Bertz CT molecular complexity index is 451. The summed E-state index contributed by atoms with van der Waals surface area (Å²) < 4.78 is 0. The zero-order chi connectivity index (χ0) is 16.0. The van der Waals surface area contributed by atoms with Gasteiger partial charge in [0.05, 0.1) is 5.92 Å². The second kappa shape index (κ2) is 7.85. The average Bonchev–Trinajstić information content (AvgIpc) is 2.43. The molecule has 0 saturated heterocycles. The second-order valence-electron chi connectivity index (χ2n) is 6.74. The molecule has 21 heavy (non-hydrogen) atoms. The molecule has 0 fully saturated rings. The van der Waals surface area contributed by atoms with E-state index in [0.29, 0.717) is 13.1 Å². The van der Waals surface area contributed by atoms with Crippen LogP contribution in [0.4, 0.5) is 0 Å². The van der Waals surface area contributed by atoms with Crippen LogP contribution in [0.25, 0.3) is 0 Å². The lowest BCUT2D eigenvalue weighted by Gasteiger charge is -2.28. The van der Waals surface area contributed by atoms with Crippen molar-refractivity contribution < 1.29 is 4.79 Å². The third kappa shape index (κ3) is 6.10. The normalized spacial score (nSPS) is 13.0. The Labute approximate surface area is 133 Å². The molecule has 0 radical (unpaired) electrons. The van der Waals surface area contributed by atoms with Gasteiger partial charge in [-0.15, -0.1) is 11.8 Å². The van der Waals surface area contributed by atoms with Crippen molar-refractivity contribution in [1.82, 2.24) is 4.90 Å². The van der Waals surface area contributed by atoms with Crippen LogP contribution in [0.15, 0.2) is 29.2 Å². The lowest BCUT2D eigenvalue weighted by atomic mass is 9.84. The molecule has 1 unspecified atom stereocenters. The van der Waals surface area contributed by atoms with Gasteiger partial charge in [-0.3, -0.25) is 4.79 Å². The van der Waals surface area contributed by atoms with Crippen LogP contribution >= 0.6 is 11.8 Å². The van der Waals surface area contributed by atoms with Gasteiger partial charge in [-0.25, -0.2) is 0 Å².